The van der Waals surface area contributed by atoms with Crippen LogP contribution in [0.3, 0.4) is 0 Å². The van der Waals surface area contributed by atoms with Gasteiger partial charge < -0.3 is 14.4 Å². The van der Waals surface area contributed by atoms with E-state index in [9.17, 15) is 9.59 Å². The normalized spacial score (nSPS) is 11.8. The van der Waals surface area contributed by atoms with Gasteiger partial charge in [0.05, 0.1) is 13.2 Å². The van der Waals surface area contributed by atoms with Gasteiger partial charge in [0.2, 0.25) is 0 Å². The third-order valence-corrected chi connectivity index (χ3v) is 7.83. The van der Waals surface area contributed by atoms with E-state index in [0.717, 1.165) is 55.6 Å². The van der Waals surface area contributed by atoms with E-state index < -0.39 is 0 Å². The predicted octanol–water partition coefficient (Wildman–Crippen LogP) is 9.44. The summed E-state index contributed by atoms with van der Waals surface area (Å²) in [5, 5.41) is 0. The summed E-state index contributed by atoms with van der Waals surface area (Å²) < 4.78 is 10.7. The fraction of sp³-hybridized carbons (Fsp3) is 0.368. The lowest BCUT2D eigenvalue weighted by Crippen LogP contribution is -2.10. The Morgan fingerprint density at radius 2 is 1.02 bits per heavy atom. The highest BCUT2D eigenvalue weighted by atomic mass is 16.5. The molecule has 3 rings (SSSR count). The van der Waals surface area contributed by atoms with Crippen LogP contribution in [0.4, 0.5) is 17.1 Å². The molecule has 0 aliphatic carbocycles. The smallest absolute Gasteiger partial charge is 0.333 e. The first-order valence-electron chi connectivity index (χ1n) is 15.4. The number of hydrogen-bond acceptors (Lipinski definition) is 5. The summed E-state index contributed by atoms with van der Waals surface area (Å²) in [5.41, 5.74) is 9.69. The summed E-state index contributed by atoms with van der Waals surface area (Å²) in [6.07, 6.45) is 9.02. The van der Waals surface area contributed by atoms with Gasteiger partial charge in [-0.05, 0) is 139 Å². The fourth-order valence-corrected chi connectivity index (χ4v) is 4.59. The lowest BCUT2D eigenvalue weighted by atomic mass is 10.0. The van der Waals surface area contributed by atoms with Gasteiger partial charge in [0.1, 0.15) is 0 Å². The number of hydrogen-bond donors (Lipinski definition) is 0. The van der Waals surface area contributed by atoms with Crippen molar-refractivity contribution in [2.75, 3.05) is 18.1 Å². The highest BCUT2D eigenvalue weighted by molar-refractivity contribution is 5.88. The van der Waals surface area contributed by atoms with Crippen molar-refractivity contribution in [2.45, 2.75) is 80.1 Å². The van der Waals surface area contributed by atoms with Crippen LogP contribution in [-0.2, 0) is 31.9 Å². The van der Waals surface area contributed by atoms with E-state index in [1.807, 2.05) is 13.8 Å². The lowest BCUT2D eigenvalue weighted by molar-refractivity contribution is -0.140. The summed E-state index contributed by atoms with van der Waals surface area (Å²) in [4.78, 5) is 25.9. The summed E-state index contributed by atoms with van der Waals surface area (Å²) in [6.45, 7) is 12.4. The Morgan fingerprint density at radius 1 is 0.605 bits per heavy atom. The first-order valence-corrected chi connectivity index (χ1v) is 15.4. The molecule has 0 aromatic heterocycles. The maximum absolute atomic E-state index is 11.8. The number of carbonyl (C=O) groups is 2. The Morgan fingerprint density at radius 3 is 1.42 bits per heavy atom. The zero-order chi connectivity index (χ0) is 31.2. The average Bonchev–Trinajstić information content (AvgIpc) is 3.02. The number of allylic oxidation sites excluding steroid dienone is 2. The first kappa shape index (κ1) is 33.4. The molecule has 0 spiro atoms. The predicted molar refractivity (Wildman–Crippen MR) is 177 cm³/mol. The number of carbonyl (C=O) groups excluding carboxylic acids is 2. The third kappa shape index (κ3) is 10.3. The molecule has 0 bridgehead atoms. The first-order chi connectivity index (χ1) is 20.7. The van der Waals surface area contributed by atoms with Crippen LogP contribution in [0.15, 0.2) is 90.0 Å². The summed E-state index contributed by atoms with van der Waals surface area (Å²) in [5.74, 6) is -0.464. The standard InChI is InChI=1S/C38H47NO4/c1-7-28(3)37(40)42-25-11-9-13-32-16-21-34(22-17-32)39(36-20-15-30(5)31(6)27-36)35-23-18-33(19-24-35)14-10-12-26-43-38(41)29(4)8-2/h7-8,15-24,27H,9-14,25-26H2,1-6H3/b28-7+,29-8+. The Balaban J connectivity index is 1.64. The van der Waals surface area contributed by atoms with Gasteiger partial charge in [-0.25, -0.2) is 9.59 Å². The second kappa shape index (κ2) is 17.1. The summed E-state index contributed by atoms with van der Waals surface area (Å²) >= 11 is 0. The zero-order valence-electron chi connectivity index (χ0n) is 26.7. The number of nitrogens with zero attached hydrogens (tertiary/aromatic N) is 1. The molecule has 0 fully saturated rings. The maximum atomic E-state index is 11.8. The second-order valence-electron chi connectivity index (χ2n) is 11.1. The van der Waals surface area contributed by atoms with Gasteiger partial charge in [0.15, 0.2) is 0 Å². The molecule has 0 radical (unpaired) electrons. The van der Waals surface area contributed by atoms with Crippen LogP contribution in [0, 0.1) is 13.8 Å². The van der Waals surface area contributed by atoms with Gasteiger partial charge >= 0.3 is 11.9 Å². The number of aryl methyl sites for hydroxylation is 4. The van der Waals surface area contributed by atoms with E-state index in [0.29, 0.717) is 24.4 Å². The van der Waals surface area contributed by atoms with Crippen molar-refractivity contribution in [3.05, 3.63) is 112 Å². The number of rotatable bonds is 15. The van der Waals surface area contributed by atoms with Crippen molar-refractivity contribution in [3.63, 3.8) is 0 Å². The van der Waals surface area contributed by atoms with Gasteiger partial charge in [-0.2, -0.15) is 0 Å². The van der Waals surface area contributed by atoms with Crippen LogP contribution in [-0.4, -0.2) is 25.2 Å². The van der Waals surface area contributed by atoms with Crippen LogP contribution in [0.1, 0.15) is 75.6 Å². The van der Waals surface area contributed by atoms with Crippen LogP contribution in [0.2, 0.25) is 0 Å². The van der Waals surface area contributed by atoms with E-state index in [1.54, 1.807) is 26.0 Å². The molecule has 228 valence electrons. The molecule has 0 aliphatic heterocycles. The molecular formula is C38H47NO4. The Hall–Kier alpha value is -4.12. The SMILES string of the molecule is C/C=C(\C)C(=O)OCCCCc1ccc(N(c2ccc(CCCCOC(=O)/C(C)=C/C)cc2)c2ccc(C)c(C)c2)cc1. The second-order valence-corrected chi connectivity index (χ2v) is 11.1. The maximum Gasteiger partial charge on any atom is 0.333 e. The number of anilines is 3. The summed E-state index contributed by atoms with van der Waals surface area (Å²) in [6, 6.07) is 24.1. The highest BCUT2D eigenvalue weighted by Crippen LogP contribution is 2.35. The molecule has 0 unspecified atom stereocenters. The fourth-order valence-electron chi connectivity index (χ4n) is 4.59. The van der Waals surface area contributed by atoms with Crippen molar-refractivity contribution in [2.24, 2.45) is 0 Å². The van der Waals surface area contributed by atoms with Crippen molar-refractivity contribution in [1.82, 2.24) is 0 Å². The topological polar surface area (TPSA) is 55.8 Å². The van der Waals surface area contributed by atoms with Gasteiger partial charge in [-0.15, -0.1) is 0 Å². The largest absolute Gasteiger partial charge is 0.462 e. The van der Waals surface area contributed by atoms with E-state index in [2.05, 4.69) is 85.5 Å². The highest BCUT2D eigenvalue weighted by Gasteiger charge is 2.14. The number of benzene rings is 3. The van der Waals surface area contributed by atoms with Crippen LogP contribution < -0.4 is 4.90 Å². The Bertz CT molecular complexity index is 1320. The van der Waals surface area contributed by atoms with E-state index in [1.165, 1.54) is 22.3 Å². The molecule has 0 atom stereocenters. The van der Waals surface area contributed by atoms with E-state index in [4.69, 9.17) is 9.47 Å². The van der Waals surface area contributed by atoms with Gasteiger partial charge in [-0.3, -0.25) is 0 Å². The van der Waals surface area contributed by atoms with Crippen LogP contribution >= 0.6 is 0 Å². The van der Waals surface area contributed by atoms with Crippen molar-refractivity contribution in [1.29, 1.82) is 0 Å². The average molecular weight is 582 g/mol. The minimum atomic E-state index is -0.232. The third-order valence-electron chi connectivity index (χ3n) is 7.83. The van der Waals surface area contributed by atoms with Crippen LogP contribution in [0.5, 0.6) is 0 Å². The molecule has 0 saturated carbocycles. The van der Waals surface area contributed by atoms with Gasteiger partial charge in [-0.1, -0.05) is 42.5 Å². The number of unbranched alkanes of at least 4 members (excludes halogenated alkanes) is 2. The number of ether oxygens (including phenoxy) is 2. The molecule has 3 aromatic carbocycles. The lowest BCUT2D eigenvalue weighted by Gasteiger charge is -2.26. The van der Waals surface area contributed by atoms with Gasteiger partial charge in [0, 0.05) is 28.2 Å². The Kier molecular flexibility index (Phi) is 13.3. The molecule has 5 nitrogen and oxygen atoms in total. The molecular weight excluding hydrogens is 534 g/mol. The molecule has 5 heteroatoms. The molecule has 43 heavy (non-hydrogen) atoms. The van der Waals surface area contributed by atoms with E-state index >= 15 is 0 Å². The number of esters is 2. The molecule has 0 N–H and O–H groups in total. The van der Waals surface area contributed by atoms with Gasteiger partial charge in [0.25, 0.3) is 0 Å². The minimum Gasteiger partial charge on any atom is -0.462 e. The molecule has 0 heterocycles. The molecule has 0 aliphatic rings. The van der Waals surface area contributed by atoms with Crippen molar-refractivity contribution in [3.8, 4) is 0 Å². The van der Waals surface area contributed by atoms with E-state index in [-0.39, 0.29) is 11.9 Å². The van der Waals surface area contributed by atoms with Crippen molar-refractivity contribution < 1.29 is 19.1 Å². The van der Waals surface area contributed by atoms with Crippen molar-refractivity contribution >= 4 is 29.0 Å². The minimum absolute atomic E-state index is 0.232. The summed E-state index contributed by atoms with van der Waals surface area (Å²) in [7, 11) is 0. The quantitative estimate of drug-likeness (QED) is 0.102. The zero-order valence-corrected chi connectivity index (χ0v) is 26.7. The molecule has 0 saturated heterocycles. The molecule has 3 aromatic rings. The monoisotopic (exact) mass is 581 g/mol. The van der Waals surface area contributed by atoms with Crippen LogP contribution in [0.25, 0.3) is 0 Å². The Labute approximate surface area is 258 Å². The molecule has 0 amide bonds.